The summed E-state index contributed by atoms with van der Waals surface area (Å²) in [7, 11) is 0. The smallest absolute Gasteiger partial charge is 0.336 e. The lowest BCUT2D eigenvalue weighted by Gasteiger charge is -2.36. The van der Waals surface area contributed by atoms with Gasteiger partial charge in [0.15, 0.2) is 35.0 Å². The maximum absolute atomic E-state index is 13.2. The van der Waals surface area contributed by atoms with Crippen LogP contribution in [-0.2, 0) is 47.8 Å². The second-order valence-corrected chi connectivity index (χ2v) is 18.5. The number of carbonyl (C=O) groups excluding carboxylic acids is 4. The summed E-state index contributed by atoms with van der Waals surface area (Å²) in [5.41, 5.74) is -1.10. The number of carboxylic acids is 4. The number of aliphatic hydroxyl groups is 2. The summed E-state index contributed by atoms with van der Waals surface area (Å²) in [6.45, 7) is 18.4. The van der Waals surface area contributed by atoms with Crippen LogP contribution in [-0.4, -0.2) is 101 Å². The van der Waals surface area contributed by atoms with Crippen LogP contribution in [0.4, 0.5) is 0 Å². The second-order valence-electron chi connectivity index (χ2n) is 18.5. The van der Waals surface area contributed by atoms with E-state index in [-0.39, 0.29) is 12.8 Å². The van der Waals surface area contributed by atoms with E-state index >= 15 is 0 Å². The minimum Gasteiger partial charge on any atom is -0.481 e. The van der Waals surface area contributed by atoms with Gasteiger partial charge in [0, 0.05) is 12.8 Å². The monoisotopic (exact) mass is 944 g/mol. The van der Waals surface area contributed by atoms with Gasteiger partial charge in [-0.1, -0.05) is 135 Å². The van der Waals surface area contributed by atoms with E-state index in [1.165, 1.54) is 0 Å². The summed E-state index contributed by atoms with van der Waals surface area (Å²) >= 11 is 0. The number of Topliss-reactive ketones (excluding diaryl/α,β-unsaturated/α-hetero) is 2. The zero-order valence-corrected chi connectivity index (χ0v) is 40.2. The van der Waals surface area contributed by atoms with Crippen LogP contribution in [0.2, 0.25) is 0 Å². The van der Waals surface area contributed by atoms with Crippen molar-refractivity contribution in [1.82, 2.24) is 0 Å². The third-order valence-electron chi connectivity index (χ3n) is 11.4. The van der Waals surface area contributed by atoms with Crippen LogP contribution in [0.15, 0.2) is 130 Å². The number of carbonyl (C=O) groups is 8. The van der Waals surface area contributed by atoms with Crippen molar-refractivity contribution in [3.05, 3.63) is 130 Å². The fourth-order valence-electron chi connectivity index (χ4n) is 7.56. The first-order valence-corrected chi connectivity index (χ1v) is 21.7. The van der Waals surface area contributed by atoms with E-state index in [4.69, 9.17) is 19.7 Å². The Kier molecular flexibility index (Phi) is 20.5. The molecule has 0 aromatic rings. The summed E-state index contributed by atoms with van der Waals surface area (Å²) in [6.07, 6.45) is 19.6. The summed E-state index contributed by atoms with van der Waals surface area (Å²) in [5, 5.41) is 56.9. The van der Waals surface area contributed by atoms with E-state index in [1.54, 1.807) is 13.8 Å². The standard InChI is InChI=1S/C52H64O16/c1-31(17-13-19-33(3)21-23-37-35(5)45(59)39(25-49(37,7)8)67-43(57)29-51(65,47(61)62)27-41(53)54)15-11-12-16-32(2)18-14-20-34(4)22-24-38-36(6)46(60)40(26-50(38,9)10)68-44(58)30-52(66,48(63)64)28-42(55)56/h11-24,39-40,65-66H,25-30H2,1-10H3,(H,53,54)(H,55,56)(H,61,62)(H,63,64)/b12-11+,17-13+,18-14+,23-21+,24-22+,31-15+,32-16+,33-19+,34-20+. The third kappa shape index (κ3) is 17.1. The Hall–Kier alpha value is -6.78. The molecule has 0 aliphatic heterocycles. The molecule has 0 amide bonds. The topological polar surface area (TPSA) is 276 Å². The highest BCUT2D eigenvalue weighted by Gasteiger charge is 2.46. The van der Waals surface area contributed by atoms with E-state index in [0.717, 1.165) is 33.4 Å². The van der Waals surface area contributed by atoms with Gasteiger partial charge in [-0.05, 0) is 74.7 Å². The number of ether oxygens (including phenoxy) is 2. The van der Waals surface area contributed by atoms with Crippen molar-refractivity contribution in [2.75, 3.05) is 0 Å². The molecule has 6 N–H and O–H groups in total. The van der Waals surface area contributed by atoms with Gasteiger partial charge in [-0.2, -0.15) is 0 Å². The average molecular weight is 945 g/mol. The number of esters is 2. The first kappa shape index (κ1) is 57.3. The fourth-order valence-corrected chi connectivity index (χ4v) is 7.56. The van der Waals surface area contributed by atoms with Gasteiger partial charge in [-0.3, -0.25) is 28.8 Å². The number of carboxylic acid groups (broad SMARTS) is 4. The van der Waals surface area contributed by atoms with Crippen LogP contribution in [0.5, 0.6) is 0 Å². The van der Waals surface area contributed by atoms with Gasteiger partial charge >= 0.3 is 35.8 Å². The lowest BCUT2D eigenvalue weighted by atomic mass is 9.71. The molecule has 16 heteroatoms. The van der Waals surface area contributed by atoms with Crippen molar-refractivity contribution in [2.45, 2.75) is 131 Å². The van der Waals surface area contributed by atoms with Gasteiger partial charge in [-0.15, -0.1) is 0 Å². The van der Waals surface area contributed by atoms with E-state index < -0.39 is 107 Å². The van der Waals surface area contributed by atoms with Crippen molar-refractivity contribution in [3.8, 4) is 0 Å². The lowest BCUT2D eigenvalue weighted by Crippen LogP contribution is -2.45. The minimum atomic E-state index is -2.88. The Bertz CT molecular complexity index is 2220. The van der Waals surface area contributed by atoms with Gasteiger partial charge in [0.2, 0.25) is 0 Å². The maximum atomic E-state index is 13.2. The van der Waals surface area contributed by atoms with Crippen LogP contribution < -0.4 is 0 Å². The molecule has 4 unspecified atom stereocenters. The molecule has 0 saturated heterocycles. The van der Waals surface area contributed by atoms with E-state index in [9.17, 15) is 58.8 Å². The molecule has 0 bridgehead atoms. The molecular weight excluding hydrogens is 881 g/mol. The summed E-state index contributed by atoms with van der Waals surface area (Å²) in [5.74, 6) is -10.4. The van der Waals surface area contributed by atoms with Crippen molar-refractivity contribution in [2.24, 2.45) is 10.8 Å². The molecule has 16 nitrogen and oxygen atoms in total. The molecule has 0 saturated carbocycles. The Morgan fingerprint density at radius 2 is 0.824 bits per heavy atom. The molecular formula is C52H64O16. The van der Waals surface area contributed by atoms with Crippen molar-refractivity contribution >= 4 is 47.4 Å². The minimum absolute atomic E-state index is 0.0904. The van der Waals surface area contributed by atoms with Gasteiger partial charge in [0.25, 0.3) is 0 Å². The fraction of sp³-hybridized carbons (Fsp3) is 0.423. The highest BCUT2D eigenvalue weighted by molar-refractivity contribution is 6.03. The predicted molar refractivity (Wildman–Crippen MR) is 252 cm³/mol. The predicted octanol–water partition coefficient (Wildman–Crippen LogP) is 7.37. The molecule has 0 radical (unpaired) electrons. The van der Waals surface area contributed by atoms with Crippen LogP contribution in [0.25, 0.3) is 0 Å². The molecule has 0 aromatic heterocycles. The Morgan fingerprint density at radius 3 is 1.12 bits per heavy atom. The van der Waals surface area contributed by atoms with Crippen LogP contribution >= 0.6 is 0 Å². The van der Waals surface area contributed by atoms with Crippen LogP contribution in [0, 0.1) is 10.8 Å². The zero-order valence-electron chi connectivity index (χ0n) is 40.2. The summed E-state index contributed by atoms with van der Waals surface area (Å²) in [4.78, 5) is 96.4. The molecule has 2 aliphatic carbocycles. The maximum Gasteiger partial charge on any atom is 0.336 e. The molecule has 2 rings (SSSR count). The second kappa shape index (κ2) is 24.3. The van der Waals surface area contributed by atoms with E-state index in [2.05, 4.69) is 0 Å². The first-order chi connectivity index (χ1) is 31.3. The highest BCUT2D eigenvalue weighted by Crippen LogP contribution is 2.42. The molecule has 0 fully saturated rings. The zero-order chi connectivity index (χ0) is 51.9. The van der Waals surface area contributed by atoms with Crippen molar-refractivity contribution in [3.63, 3.8) is 0 Å². The molecule has 368 valence electrons. The normalized spacial score (nSPS) is 21.5. The Balaban J connectivity index is 2.02. The quantitative estimate of drug-likeness (QED) is 0.0456. The van der Waals surface area contributed by atoms with Gasteiger partial charge in [0.05, 0.1) is 25.7 Å². The number of ketones is 2. The molecule has 2 aliphatic rings. The summed E-state index contributed by atoms with van der Waals surface area (Å²) < 4.78 is 10.5. The number of allylic oxidation sites excluding steroid dienone is 20. The van der Waals surface area contributed by atoms with Gasteiger partial charge < -0.3 is 40.1 Å². The SMILES string of the molecule is CC1=C(/C=C/C(C)=C/C=C/C(C)=C/C=C/C=C(C)/C=C/C=C(C)/C=C/C2=C(C)C(=O)C(OC(=O)CC(O)(CC(=O)O)C(=O)O)CC2(C)C)C(C)(C)CC(OC(=O)CC(O)(CC(=O)O)C(=O)O)C1=O. The molecule has 68 heavy (non-hydrogen) atoms. The number of hydrogen-bond acceptors (Lipinski definition) is 12. The largest absolute Gasteiger partial charge is 0.481 e. The third-order valence-corrected chi connectivity index (χ3v) is 11.4. The first-order valence-electron chi connectivity index (χ1n) is 21.7. The van der Waals surface area contributed by atoms with Gasteiger partial charge in [-0.25, -0.2) is 9.59 Å². The average Bonchev–Trinajstić information content (AvgIpc) is 3.19. The molecule has 0 spiro atoms. The van der Waals surface area contributed by atoms with E-state index in [1.807, 2.05) is 140 Å². The molecule has 4 atom stereocenters. The van der Waals surface area contributed by atoms with Gasteiger partial charge in [0.1, 0.15) is 0 Å². The summed E-state index contributed by atoms with van der Waals surface area (Å²) in [6, 6.07) is 0. The van der Waals surface area contributed by atoms with Crippen LogP contribution in [0.1, 0.15) is 108 Å². The lowest BCUT2D eigenvalue weighted by molar-refractivity contribution is -0.174. The Morgan fingerprint density at radius 1 is 0.529 bits per heavy atom. The molecule has 0 heterocycles. The number of rotatable bonds is 22. The molecule has 0 aromatic carbocycles. The van der Waals surface area contributed by atoms with Crippen molar-refractivity contribution < 1.29 is 78.5 Å². The van der Waals surface area contributed by atoms with Crippen LogP contribution in [0.3, 0.4) is 0 Å². The van der Waals surface area contributed by atoms with Crippen molar-refractivity contribution in [1.29, 1.82) is 0 Å². The number of hydrogen-bond donors (Lipinski definition) is 6. The number of aliphatic carboxylic acids is 4. The van der Waals surface area contributed by atoms with E-state index in [0.29, 0.717) is 11.1 Å². The highest BCUT2D eigenvalue weighted by atomic mass is 16.6. The Labute approximate surface area is 396 Å².